The Bertz CT molecular complexity index is 505. The first kappa shape index (κ1) is 10.7. The molecule has 6 nitrogen and oxygen atoms in total. The van der Waals surface area contributed by atoms with Crippen molar-refractivity contribution < 1.29 is 4.74 Å². The average molecular weight is 240 g/mol. The van der Waals surface area contributed by atoms with Crippen molar-refractivity contribution >= 4 is 17.5 Å². The summed E-state index contributed by atoms with van der Waals surface area (Å²) in [6.45, 7) is 1.81. The number of halogens is 1. The lowest BCUT2D eigenvalue weighted by molar-refractivity contribution is 0.397. The second-order valence-corrected chi connectivity index (χ2v) is 3.54. The summed E-state index contributed by atoms with van der Waals surface area (Å²) in [5.41, 5.74) is 6.26. The summed E-state index contributed by atoms with van der Waals surface area (Å²) in [4.78, 5) is 7.91. The number of hydrogen-bond acceptors (Lipinski definition) is 5. The predicted octanol–water partition coefficient (Wildman–Crippen LogP) is 1.21. The molecule has 2 heterocycles. The van der Waals surface area contributed by atoms with Crippen molar-refractivity contribution in [1.29, 1.82) is 0 Å². The number of nitrogens with two attached hydrogens (primary N) is 1. The molecule has 0 fully saturated rings. The third-order valence-electron chi connectivity index (χ3n) is 1.99. The number of ether oxygens (including phenoxy) is 1. The monoisotopic (exact) mass is 239 g/mol. The van der Waals surface area contributed by atoms with E-state index in [0.717, 1.165) is 5.69 Å². The Morgan fingerprint density at radius 1 is 1.44 bits per heavy atom. The van der Waals surface area contributed by atoms with E-state index in [9.17, 15) is 0 Å². The van der Waals surface area contributed by atoms with E-state index in [-0.39, 0.29) is 5.95 Å². The molecule has 0 aliphatic heterocycles. The van der Waals surface area contributed by atoms with Crippen LogP contribution in [0.15, 0.2) is 12.3 Å². The fraction of sp³-hybridized carbons (Fsp3) is 0.222. The van der Waals surface area contributed by atoms with Gasteiger partial charge >= 0.3 is 0 Å². The minimum atomic E-state index is 0.124. The molecule has 0 saturated carbocycles. The van der Waals surface area contributed by atoms with E-state index in [1.54, 1.807) is 19.2 Å². The number of nitrogens with zero attached hydrogens (tertiary/aromatic N) is 4. The molecule has 2 rings (SSSR count). The van der Waals surface area contributed by atoms with Crippen LogP contribution in [-0.2, 0) is 0 Å². The highest BCUT2D eigenvalue weighted by molar-refractivity contribution is 6.31. The number of rotatable bonds is 2. The quantitative estimate of drug-likeness (QED) is 0.852. The number of methoxy groups -OCH3 is 1. The Balaban J connectivity index is 2.50. The van der Waals surface area contributed by atoms with Gasteiger partial charge < -0.3 is 10.5 Å². The molecule has 84 valence electrons. The van der Waals surface area contributed by atoms with Crippen LogP contribution < -0.4 is 10.5 Å². The zero-order valence-electron chi connectivity index (χ0n) is 8.81. The molecule has 2 N–H and O–H groups in total. The lowest BCUT2D eigenvalue weighted by atomic mass is 10.5. The van der Waals surface area contributed by atoms with Gasteiger partial charge in [0.15, 0.2) is 5.82 Å². The number of aromatic nitrogens is 4. The number of anilines is 1. The van der Waals surface area contributed by atoms with Gasteiger partial charge in [0.1, 0.15) is 0 Å². The highest BCUT2D eigenvalue weighted by Crippen LogP contribution is 2.18. The van der Waals surface area contributed by atoms with Crippen LogP contribution in [0.3, 0.4) is 0 Å². The molecule has 2 aromatic rings. The third kappa shape index (κ3) is 1.92. The van der Waals surface area contributed by atoms with Gasteiger partial charge in [-0.05, 0) is 6.92 Å². The van der Waals surface area contributed by atoms with Gasteiger partial charge in [0, 0.05) is 6.07 Å². The van der Waals surface area contributed by atoms with E-state index < -0.39 is 0 Å². The largest absolute Gasteiger partial charge is 0.481 e. The van der Waals surface area contributed by atoms with E-state index in [4.69, 9.17) is 22.1 Å². The number of aryl methyl sites for hydroxylation is 1. The van der Waals surface area contributed by atoms with Crippen LogP contribution >= 0.6 is 11.6 Å². The van der Waals surface area contributed by atoms with Gasteiger partial charge in [-0.15, -0.1) is 0 Å². The molecule has 0 bridgehead atoms. The molecule has 7 heteroatoms. The van der Waals surface area contributed by atoms with Crippen LogP contribution in [-0.4, -0.2) is 26.9 Å². The summed E-state index contributed by atoms with van der Waals surface area (Å²) in [6, 6.07) is 1.62. The van der Waals surface area contributed by atoms with Crippen LogP contribution in [0.25, 0.3) is 5.82 Å². The van der Waals surface area contributed by atoms with Gasteiger partial charge in [-0.25, -0.2) is 4.68 Å². The SMILES string of the molecule is COc1cc(-n2cc(Cl)c(C)n2)nc(N)n1. The Kier molecular flexibility index (Phi) is 2.66. The molecule has 16 heavy (non-hydrogen) atoms. The van der Waals surface area contributed by atoms with E-state index >= 15 is 0 Å². The Morgan fingerprint density at radius 3 is 2.75 bits per heavy atom. The molecule has 0 unspecified atom stereocenters. The van der Waals surface area contributed by atoms with Crippen LogP contribution in [0, 0.1) is 6.92 Å². The zero-order valence-corrected chi connectivity index (χ0v) is 9.56. The van der Waals surface area contributed by atoms with Crippen molar-refractivity contribution in [3.63, 3.8) is 0 Å². The van der Waals surface area contributed by atoms with Crippen molar-refractivity contribution in [1.82, 2.24) is 19.7 Å². The normalized spacial score (nSPS) is 10.4. The van der Waals surface area contributed by atoms with Crippen molar-refractivity contribution in [3.05, 3.63) is 23.0 Å². The van der Waals surface area contributed by atoms with E-state index in [2.05, 4.69) is 15.1 Å². The standard InChI is InChI=1S/C9H10ClN5O/c1-5-6(10)4-15(14-5)7-3-8(16-2)13-9(11)12-7/h3-4H,1-2H3,(H2,11,12,13). The number of hydrogen-bond donors (Lipinski definition) is 1. The van der Waals surface area contributed by atoms with Crippen LogP contribution in [0.5, 0.6) is 5.88 Å². The lowest BCUT2D eigenvalue weighted by Crippen LogP contribution is -2.04. The van der Waals surface area contributed by atoms with Gasteiger partial charge in [0.2, 0.25) is 11.8 Å². The first-order valence-corrected chi connectivity index (χ1v) is 4.88. The zero-order chi connectivity index (χ0) is 11.7. The van der Waals surface area contributed by atoms with E-state index in [0.29, 0.717) is 16.7 Å². The van der Waals surface area contributed by atoms with Crippen molar-refractivity contribution in [2.75, 3.05) is 12.8 Å². The lowest BCUT2D eigenvalue weighted by Gasteiger charge is -2.04. The van der Waals surface area contributed by atoms with Gasteiger partial charge in [0.05, 0.1) is 24.0 Å². The second-order valence-electron chi connectivity index (χ2n) is 3.13. The average Bonchev–Trinajstić information content (AvgIpc) is 2.58. The summed E-state index contributed by atoms with van der Waals surface area (Å²) in [7, 11) is 1.51. The van der Waals surface area contributed by atoms with Crippen molar-refractivity contribution in [2.24, 2.45) is 0 Å². The molecule has 0 radical (unpaired) electrons. The molecule has 0 aliphatic rings. The van der Waals surface area contributed by atoms with Crippen molar-refractivity contribution in [3.8, 4) is 11.7 Å². The van der Waals surface area contributed by atoms with E-state index in [1.165, 1.54) is 11.8 Å². The molecule has 0 aliphatic carbocycles. The van der Waals surface area contributed by atoms with Gasteiger partial charge in [-0.3, -0.25) is 0 Å². The molecule has 0 saturated heterocycles. The first-order valence-electron chi connectivity index (χ1n) is 4.51. The van der Waals surface area contributed by atoms with Gasteiger partial charge in [0.25, 0.3) is 0 Å². The summed E-state index contributed by atoms with van der Waals surface area (Å²) < 4.78 is 6.52. The highest BCUT2D eigenvalue weighted by atomic mass is 35.5. The van der Waals surface area contributed by atoms with Crippen LogP contribution in [0.4, 0.5) is 5.95 Å². The minimum absolute atomic E-state index is 0.124. The smallest absolute Gasteiger partial charge is 0.225 e. The van der Waals surface area contributed by atoms with Gasteiger partial charge in [-0.1, -0.05) is 11.6 Å². The molecule has 0 spiro atoms. The Hall–Kier alpha value is -1.82. The van der Waals surface area contributed by atoms with Gasteiger partial charge in [-0.2, -0.15) is 15.1 Å². The number of nitrogen functional groups attached to an aromatic ring is 1. The topological polar surface area (TPSA) is 78.8 Å². The molecule has 2 aromatic heterocycles. The van der Waals surface area contributed by atoms with E-state index in [1.807, 2.05) is 0 Å². The highest BCUT2D eigenvalue weighted by Gasteiger charge is 2.08. The molecular weight excluding hydrogens is 230 g/mol. The molecule has 0 amide bonds. The summed E-state index contributed by atoms with van der Waals surface area (Å²) in [5.74, 6) is 1.02. The third-order valence-corrected chi connectivity index (χ3v) is 2.36. The molecular formula is C9H10ClN5O. The Morgan fingerprint density at radius 2 is 2.19 bits per heavy atom. The molecule has 0 atom stereocenters. The fourth-order valence-corrected chi connectivity index (χ4v) is 1.34. The second kappa shape index (κ2) is 3.97. The summed E-state index contributed by atoms with van der Waals surface area (Å²) in [5, 5.41) is 4.75. The maximum absolute atomic E-state index is 5.90. The fourth-order valence-electron chi connectivity index (χ4n) is 1.21. The minimum Gasteiger partial charge on any atom is -0.481 e. The summed E-state index contributed by atoms with van der Waals surface area (Å²) in [6.07, 6.45) is 1.65. The first-order chi connectivity index (χ1) is 7.60. The maximum Gasteiger partial charge on any atom is 0.225 e. The van der Waals surface area contributed by atoms with Crippen LogP contribution in [0.1, 0.15) is 5.69 Å². The Labute approximate surface area is 97.0 Å². The predicted molar refractivity (Wildman–Crippen MR) is 59.9 cm³/mol. The maximum atomic E-state index is 5.90. The van der Waals surface area contributed by atoms with Crippen LogP contribution in [0.2, 0.25) is 5.02 Å². The molecule has 0 aromatic carbocycles. The van der Waals surface area contributed by atoms with Crippen molar-refractivity contribution in [2.45, 2.75) is 6.92 Å². The summed E-state index contributed by atoms with van der Waals surface area (Å²) >= 11 is 5.90.